The van der Waals surface area contributed by atoms with E-state index >= 15 is 0 Å². The highest BCUT2D eigenvalue weighted by atomic mass is 35.5. The predicted octanol–water partition coefficient (Wildman–Crippen LogP) is 3.18. The van der Waals surface area contributed by atoms with Crippen molar-refractivity contribution in [3.63, 3.8) is 0 Å². The van der Waals surface area contributed by atoms with Crippen molar-refractivity contribution < 1.29 is 9.52 Å². The first-order valence-electron chi connectivity index (χ1n) is 6.60. The van der Waals surface area contributed by atoms with Crippen LogP contribution in [-0.4, -0.2) is 28.6 Å². The second-order valence-corrected chi connectivity index (χ2v) is 4.89. The molecule has 1 heterocycles. The summed E-state index contributed by atoms with van der Waals surface area (Å²) in [6, 6.07) is 5.74. The normalized spacial score (nSPS) is 12.8. The molecule has 2 rings (SSSR count). The highest BCUT2D eigenvalue weighted by molar-refractivity contribution is 6.18. The molecule has 1 aromatic heterocycles. The number of alkyl halides is 1. The number of hydrogen-bond donors (Lipinski definition) is 2. The highest BCUT2D eigenvalue weighted by Crippen LogP contribution is 2.21. The lowest BCUT2D eigenvalue weighted by atomic mass is 10.2. The minimum atomic E-state index is -0.546. The summed E-state index contributed by atoms with van der Waals surface area (Å²) in [6.07, 6.45) is 2.54. The Hall–Kier alpha value is -1.26. The molecule has 0 saturated carbocycles. The average Bonchev–Trinajstić information content (AvgIpc) is 2.84. The number of nitrogens with zero attached hydrogens (tertiary/aromatic N) is 1. The molecule has 0 aliphatic heterocycles. The molecule has 2 N–H and O–H groups in total. The Morgan fingerprint density at radius 3 is 3.05 bits per heavy atom. The first-order valence-corrected chi connectivity index (χ1v) is 7.13. The number of aromatic nitrogens is 1. The van der Waals surface area contributed by atoms with E-state index < -0.39 is 6.10 Å². The predicted molar refractivity (Wildman–Crippen MR) is 77.8 cm³/mol. The zero-order chi connectivity index (χ0) is 13.7. The highest BCUT2D eigenvalue weighted by Gasteiger charge is 2.07. The third-order valence-corrected chi connectivity index (χ3v) is 3.25. The smallest absolute Gasteiger partial charge is 0.195 e. The van der Waals surface area contributed by atoms with Crippen molar-refractivity contribution in [2.24, 2.45) is 0 Å². The van der Waals surface area contributed by atoms with Gasteiger partial charge in [0.15, 0.2) is 11.5 Å². The number of fused-ring (bicyclic) bond motifs is 1. The number of rotatable bonds is 7. The number of aryl methyl sites for hydroxylation is 1. The van der Waals surface area contributed by atoms with Crippen molar-refractivity contribution in [2.75, 3.05) is 17.7 Å². The molecule has 1 aromatic carbocycles. The van der Waals surface area contributed by atoms with Gasteiger partial charge in [0, 0.05) is 18.7 Å². The van der Waals surface area contributed by atoms with E-state index in [0.29, 0.717) is 6.54 Å². The van der Waals surface area contributed by atoms with Crippen LogP contribution in [0.2, 0.25) is 0 Å². The Bertz CT molecular complexity index is 527. The molecule has 0 aliphatic rings. The average molecular weight is 283 g/mol. The summed E-state index contributed by atoms with van der Waals surface area (Å²) in [7, 11) is 0. The van der Waals surface area contributed by atoms with E-state index in [9.17, 15) is 5.11 Å². The lowest BCUT2D eigenvalue weighted by Crippen LogP contribution is -2.20. The van der Waals surface area contributed by atoms with Gasteiger partial charge >= 0.3 is 0 Å². The van der Waals surface area contributed by atoms with Crippen molar-refractivity contribution in [2.45, 2.75) is 32.3 Å². The van der Waals surface area contributed by atoms with E-state index in [1.54, 1.807) is 0 Å². The maximum atomic E-state index is 9.41. The van der Waals surface area contributed by atoms with E-state index in [2.05, 4.69) is 17.2 Å². The van der Waals surface area contributed by atoms with Crippen LogP contribution in [0.4, 0.5) is 5.69 Å². The first-order chi connectivity index (χ1) is 9.22. The fraction of sp³-hybridized carbons (Fsp3) is 0.500. The van der Waals surface area contributed by atoms with E-state index in [1.807, 2.05) is 18.2 Å². The maximum Gasteiger partial charge on any atom is 0.195 e. The van der Waals surface area contributed by atoms with Gasteiger partial charge in [0.1, 0.15) is 5.52 Å². The number of nitrogens with one attached hydrogen (secondary N) is 1. The molecule has 5 heteroatoms. The minimum Gasteiger partial charge on any atom is -0.441 e. The second kappa shape index (κ2) is 6.78. The number of aliphatic hydroxyl groups excluding tert-OH is 1. The molecule has 2 aromatic rings. The number of benzene rings is 1. The van der Waals surface area contributed by atoms with Crippen LogP contribution in [0.25, 0.3) is 11.1 Å². The standard InChI is InChI=1S/C14H19ClN2O2/c1-2-3-4-14-17-12-7-10(5-6-13(12)19-14)16-9-11(18)8-15/h5-7,11,16,18H,2-4,8-9H2,1H3. The van der Waals surface area contributed by atoms with Crippen molar-refractivity contribution in [1.29, 1.82) is 0 Å². The molecule has 0 saturated heterocycles. The SMILES string of the molecule is CCCCc1nc2cc(NCC(O)CCl)ccc2o1. The van der Waals surface area contributed by atoms with Crippen molar-refractivity contribution >= 4 is 28.4 Å². The zero-order valence-electron chi connectivity index (χ0n) is 11.0. The van der Waals surface area contributed by atoms with Gasteiger partial charge in [0.05, 0.1) is 12.0 Å². The van der Waals surface area contributed by atoms with E-state index in [1.165, 1.54) is 0 Å². The van der Waals surface area contributed by atoms with Crippen LogP contribution >= 0.6 is 11.6 Å². The molecule has 0 radical (unpaired) electrons. The van der Waals surface area contributed by atoms with Gasteiger partial charge in [-0.25, -0.2) is 4.98 Å². The number of unbranched alkanes of at least 4 members (excludes halogenated alkanes) is 1. The summed E-state index contributed by atoms with van der Waals surface area (Å²) in [5.74, 6) is 1.01. The summed E-state index contributed by atoms with van der Waals surface area (Å²) < 4.78 is 5.66. The summed E-state index contributed by atoms with van der Waals surface area (Å²) >= 11 is 5.55. The Kier molecular flexibility index (Phi) is 5.05. The minimum absolute atomic E-state index is 0.223. The van der Waals surface area contributed by atoms with Gasteiger partial charge in [-0.2, -0.15) is 0 Å². The van der Waals surface area contributed by atoms with Crippen LogP contribution in [0.3, 0.4) is 0 Å². The Balaban J connectivity index is 2.07. The molecule has 1 unspecified atom stereocenters. The third-order valence-electron chi connectivity index (χ3n) is 2.90. The Morgan fingerprint density at radius 2 is 2.32 bits per heavy atom. The topological polar surface area (TPSA) is 58.3 Å². The molecule has 0 spiro atoms. The van der Waals surface area contributed by atoms with Crippen LogP contribution < -0.4 is 5.32 Å². The van der Waals surface area contributed by atoms with E-state index in [0.717, 1.165) is 41.9 Å². The van der Waals surface area contributed by atoms with Crippen LogP contribution in [-0.2, 0) is 6.42 Å². The number of oxazole rings is 1. The van der Waals surface area contributed by atoms with Gasteiger partial charge in [-0.15, -0.1) is 11.6 Å². The number of aliphatic hydroxyl groups is 1. The van der Waals surface area contributed by atoms with Gasteiger partial charge < -0.3 is 14.8 Å². The summed E-state index contributed by atoms with van der Waals surface area (Å²) in [5, 5.41) is 12.5. The van der Waals surface area contributed by atoms with Crippen molar-refractivity contribution in [1.82, 2.24) is 4.98 Å². The summed E-state index contributed by atoms with van der Waals surface area (Å²) in [6.45, 7) is 2.57. The van der Waals surface area contributed by atoms with Crippen molar-refractivity contribution in [3.05, 3.63) is 24.1 Å². The lowest BCUT2D eigenvalue weighted by Gasteiger charge is -2.09. The molecular weight excluding hydrogens is 264 g/mol. The van der Waals surface area contributed by atoms with Gasteiger partial charge in [-0.05, 0) is 24.6 Å². The van der Waals surface area contributed by atoms with Gasteiger partial charge in [0.25, 0.3) is 0 Å². The van der Waals surface area contributed by atoms with Crippen LogP contribution in [0, 0.1) is 0 Å². The molecule has 0 fully saturated rings. The van der Waals surface area contributed by atoms with E-state index in [4.69, 9.17) is 16.0 Å². The summed E-state index contributed by atoms with van der Waals surface area (Å²) in [5.41, 5.74) is 2.55. The molecule has 4 nitrogen and oxygen atoms in total. The van der Waals surface area contributed by atoms with Gasteiger partial charge in [-0.1, -0.05) is 13.3 Å². The molecule has 19 heavy (non-hydrogen) atoms. The van der Waals surface area contributed by atoms with Crippen LogP contribution in [0.1, 0.15) is 25.7 Å². The molecule has 0 bridgehead atoms. The van der Waals surface area contributed by atoms with E-state index in [-0.39, 0.29) is 5.88 Å². The fourth-order valence-corrected chi connectivity index (χ4v) is 1.92. The number of halogens is 1. The monoisotopic (exact) mass is 282 g/mol. The second-order valence-electron chi connectivity index (χ2n) is 4.58. The lowest BCUT2D eigenvalue weighted by molar-refractivity contribution is 0.211. The van der Waals surface area contributed by atoms with Gasteiger partial charge in [0.2, 0.25) is 0 Å². The quantitative estimate of drug-likeness (QED) is 0.766. The largest absolute Gasteiger partial charge is 0.441 e. The third kappa shape index (κ3) is 3.85. The molecular formula is C14H19ClN2O2. The molecule has 1 atom stereocenters. The Morgan fingerprint density at radius 1 is 1.47 bits per heavy atom. The number of hydrogen-bond acceptors (Lipinski definition) is 4. The fourth-order valence-electron chi connectivity index (χ4n) is 1.81. The van der Waals surface area contributed by atoms with Crippen LogP contribution in [0.15, 0.2) is 22.6 Å². The Labute approximate surface area is 117 Å². The maximum absolute atomic E-state index is 9.41. The van der Waals surface area contributed by atoms with Gasteiger partial charge in [-0.3, -0.25) is 0 Å². The molecule has 0 amide bonds. The van der Waals surface area contributed by atoms with Crippen molar-refractivity contribution in [3.8, 4) is 0 Å². The first kappa shape index (κ1) is 14.2. The zero-order valence-corrected chi connectivity index (χ0v) is 11.8. The summed E-state index contributed by atoms with van der Waals surface area (Å²) in [4.78, 5) is 4.46. The van der Waals surface area contributed by atoms with Crippen LogP contribution in [0.5, 0.6) is 0 Å². The molecule has 0 aliphatic carbocycles. The number of anilines is 1. The molecule has 104 valence electrons.